The minimum Gasteiger partial charge on any atom is -0.322 e. The number of anilines is 2. The molecule has 5 heteroatoms. The van der Waals surface area contributed by atoms with Crippen LogP contribution in [0.3, 0.4) is 0 Å². The third-order valence-corrected chi connectivity index (χ3v) is 4.28. The number of fused-ring (bicyclic) bond motifs is 1. The van der Waals surface area contributed by atoms with E-state index in [1.54, 1.807) is 36.1 Å². The van der Waals surface area contributed by atoms with Crippen molar-refractivity contribution in [1.29, 1.82) is 0 Å². The van der Waals surface area contributed by atoms with Crippen LogP contribution in [0, 0.1) is 0 Å². The number of carbonyl (C=O) groups is 2. The first-order valence-corrected chi connectivity index (χ1v) is 7.91. The summed E-state index contributed by atoms with van der Waals surface area (Å²) in [5.74, 6) is -0.200. The lowest BCUT2D eigenvalue weighted by Gasteiger charge is -2.29. The second-order valence-corrected chi connectivity index (χ2v) is 5.96. The number of aryl methyl sites for hydroxylation is 1. The van der Waals surface area contributed by atoms with E-state index in [0.29, 0.717) is 16.3 Å². The van der Waals surface area contributed by atoms with Crippen LogP contribution in [0.5, 0.6) is 0 Å². The van der Waals surface area contributed by atoms with Crippen LogP contribution in [0.2, 0.25) is 5.02 Å². The predicted octanol–water partition coefficient (Wildman–Crippen LogP) is 3.89. The third kappa shape index (κ3) is 3.22. The first kappa shape index (κ1) is 15.6. The van der Waals surface area contributed by atoms with E-state index in [1.807, 2.05) is 18.2 Å². The molecule has 0 atom stereocenters. The van der Waals surface area contributed by atoms with Gasteiger partial charge in [-0.1, -0.05) is 23.7 Å². The first-order valence-electron chi connectivity index (χ1n) is 7.53. The Balaban J connectivity index is 1.84. The Bertz CT molecular complexity index is 773. The molecule has 0 aliphatic carbocycles. The van der Waals surface area contributed by atoms with Gasteiger partial charge in [0.2, 0.25) is 5.91 Å². The van der Waals surface area contributed by atoms with Gasteiger partial charge in [0.1, 0.15) is 0 Å². The lowest BCUT2D eigenvalue weighted by atomic mass is 10.0. The van der Waals surface area contributed by atoms with Gasteiger partial charge in [0.25, 0.3) is 5.91 Å². The van der Waals surface area contributed by atoms with E-state index < -0.39 is 0 Å². The molecule has 0 saturated heterocycles. The number of nitrogens with zero attached hydrogens (tertiary/aromatic N) is 1. The van der Waals surface area contributed by atoms with E-state index in [9.17, 15) is 9.59 Å². The highest BCUT2D eigenvalue weighted by molar-refractivity contribution is 6.34. The maximum atomic E-state index is 12.3. The number of nitrogens with one attached hydrogen (secondary N) is 1. The number of benzene rings is 2. The molecule has 1 heterocycles. The fraction of sp³-hybridized carbons (Fsp3) is 0.222. The second-order valence-electron chi connectivity index (χ2n) is 5.55. The molecule has 2 aromatic carbocycles. The van der Waals surface area contributed by atoms with Gasteiger partial charge in [-0.25, -0.2) is 0 Å². The van der Waals surface area contributed by atoms with Gasteiger partial charge in [-0.05, 0) is 48.7 Å². The fourth-order valence-electron chi connectivity index (χ4n) is 2.85. The molecule has 4 nitrogen and oxygen atoms in total. The van der Waals surface area contributed by atoms with Gasteiger partial charge in [0, 0.05) is 24.8 Å². The van der Waals surface area contributed by atoms with Gasteiger partial charge < -0.3 is 10.2 Å². The summed E-state index contributed by atoms with van der Waals surface area (Å²) >= 11 is 6.05. The molecule has 0 saturated carbocycles. The Kier molecular flexibility index (Phi) is 4.35. The zero-order valence-electron chi connectivity index (χ0n) is 12.8. The number of hydrogen-bond acceptors (Lipinski definition) is 2. The largest absolute Gasteiger partial charge is 0.322 e. The number of halogens is 1. The highest BCUT2D eigenvalue weighted by atomic mass is 35.5. The van der Waals surface area contributed by atoms with Crippen molar-refractivity contribution in [2.75, 3.05) is 16.8 Å². The molecule has 23 heavy (non-hydrogen) atoms. The Morgan fingerprint density at radius 2 is 1.96 bits per heavy atom. The first-order chi connectivity index (χ1) is 11.1. The van der Waals surface area contributed by atoms with Crippen molar-refractivity contribution in [1.82, 2.24) is 0 Å². The molecule has 0 spiro atoms. The maximum absolute atomic E-state index is 12.3. The molecule has 0 fully saturated rings. The molecule has 2 amide bonds. The molecule has 3 rings (SSSR count). The van der Waals surface area contributed by atoms with Crippen molar-refractivity contribution in [2.24, 2.45) is 0 Å². The van der Waals surface area contributed by atoms with Crippen molar-refractivity contribution >= 4 is 34.8 Å². The zero-order chi connectivity index (χ0) is 16.4. The molecule has 2 aromatic rings. The Hall–Kier alpha value is -2.33. The van der Waals surface area contributed by atoms with Crippen molar-refractivity contribution in [3.05, 3.63) is 58.6 Å². The predicted molar refractivity (Wildman–Crippen MR) is 92.2 cm³/mol. The average molecular weight is 329 g/mol. The van der Waals surface area contributed by atoms with E-state index in [4.69, 9.17) is 11.6 Å². The van der Waals surface area contributed by atoms with E-state index in [1.165, 1.54) is 0 Å². The van der Waals surface area contributed by atoms with Crippen molar-refractivity contribution in [2.45, 2.75) is 19.8 Å². The molecule has 0 radical (unpaired) electrons. The number of amides is 2. The number of hydrogen-bond donors (Lipinski definition) is 1. The Morgan fingerprint density at radius 1 is 1.17 bits per heavy atom. The molecule has 0 bridgehead atoms. The summed E-state index contributed by atoms with van der Waals surface area (Å²) < 4.78 is 0. The summed E-state index contributed by atoms with van der Waals surface area (Å²) in [5, 5.41) is 3.29. The molecule has 118 valence electrons. The van der Waals surface area contributed by atoms with E-state index in [0.717, 1.165) is 30.6 Å². The van der Waals surface area contributed by atoms with Crippen molar-refractivity contribution < 1.29 is 9.59 Å². The van der Waals surface area contributed by atoms with Gasteiger partial charge in [-0.2, -0.15) is 0 Å². The van der Waals surface area contributed by atoms with Crippen LogP contribution in [-0.4, -0.2) is 18.4 Å². The number of carbonyl (C=O) groups excluding carboxylic acids is 2. The highest BCUT2D eigenvalue weighted by Gasteiger charge is 2.20. The topological polar surface area (TPSA) is 49.4 Å². The zero-order valence-corrected chi connectivity index (χ0v) is 13.6. The lowest BCUT2D eigenvalue weighted by Crippen LogP contribution is -2.33. The average Bonchev–Trinajstić information content (AvgIpc) is 2.54. The van der Waals surface area contributed by atoms with E-state index >= 15 is 0 Å². The van der Waals surface area contributed by atoms with Gasteiger partial charge in [0.15, 0.2) is 0 Å². The normalized spacial score (nSPS) is 13.4. The van der Waals surface area contributed by atoms with Gasteiger partial charge >= 0.3 is 0 Å². The molecule has 0 aromatic heterocycles. The summed E-state index contributed by atoms with van der Waals surface area (Å²) in [7, 11) is 0. The Morgan fingerprint density at radius 3 is 2.70 bits per heavy atom. The fourth-order valence-corrected chi connectivity index (χ4v) is 3.07. The molecule has 1 aliphatic heterocycles. The van der Waals surface area contributed by atoms with Crippen LogP contribution in [0.15, 0.2) is 42.5 Å². The van der Waals surface area contributed by atoms with Gasteiger partial charge in [-0.15, -0.1) is 0 Å². The summed E-state index contributed by atoms with van der Waals surface area (Å²) in [6.45, 7) is 2.32. The van der Waals surface area contributed by atoms with Crippen LogP contribution in [0.25, 0.3) is 0 Å². The van der Waals surface area contributed by atoms with Crippen LogP contribution >= 0.6 is 11.6 Å². The summed E-state index contributed by atoms with van der Waals surface area (Å²) in [5.41, 5.74) is 3.15. The van der Waals surface area contributed by atoms with Gasteiger partial charge in [-0.3, -0.25) is 9.59 Å². The quantitative estimate of drug-likeness (QED) is 0.909. The standard InChI is InChI=1S/C18H17ClN2O2/c1-12(22)21-10-4-5-13-11-14(8-9-17(13)21)20-18(23)15-6-2-3-7-16(15)19/h2-3,6-9,11H,4-5,10H2,1H3,(H,20,23). The monoisotopic (exact) mass is 328 g/mol. The third-order valence-electron chi connectivity index (χ3n) is 3.95. The van der Waals surface area contributed by atoms with E-state index in [-0.39, 0.29) is 11.8 Å². The van der Waals surface area contributed by atoms with Crippen LogP contribution < -0.4 is 10.2 Å². The van der Waals surface area contributed by atoms with Crippen molar-refractivity contribution in [3.8, 4) is 0 Å². The molecule has 0 unspecified atom stereocenters. The highest BCUT2D eigenvalue weighted by Crippen LogP contribution is 2.30. The minimum atomic E-state index is -0.241. The number of rotatable bonds is 2. The van der Waals surface area contributed by atoms with Crippen LogP contribution in [-0.2, 0) is 11.2 Å². The summed E-state index contributed by atoms with van der Waals surface area (Å²) in [4.78, 5) is 25.8. The van der Waals surface area contributed by atoms with Gasteiger partial charge in [0.05, 0.1) is 10.6 Å². The van der Waals surface area contributed by atoms with Crippen molar-refractivity contribution in [3.63, 3.8) is 0 Å². The molecular weight excluding hydrogens is 312 g/mol. The maximum Gasteiger partial charge on any atom is 0.257 e. The van der Waals surface area contributed by atoms with E-state index in [2.05, 4.69) is 5.32 Å². The molecule has 1 aliphatic rings. The molecule has 1 N–H and O–H groups in total. The molecular formula is C18H17ClN2O2. The SMILES string of the molecule is CC(=O)N1CCCc2cc(NC(=O)c3ccccc3Cl)ccc21. The van der Waals surface area contributed by atoms with Crippen LogP contribution in [0.1, 0.15) is 29.3 Å². The lowest BCUT2D eigenvalue weighted by molar-refractivity contribution is -0.116. The summed E-state index contributed by atoms with van der Waals surface area (Å²) in [6, 6.07) is 12.6. The smallest absolute Gasteiger partial charge is 0.257 e. The minimum absolute atomic E-state index is 0.0406. The van der Waals surface area contributed by atoms with Crippen LogP contribution in [0.4, 0.5) is 11.4 Å². The second kappa shape index (κ2) is 6.42. The Labute approximate surface area is 140 Å². The summed E-state index contributed by atoms with van der Waals surface area (Å²) in [6.07, 6.45) is 1.82.